The minimum Gasteiger partial charge on any atom is -0.377 e. The molecule has 2 rings (SSSR count). The molecule has 3 atom stereocenters. The normalized spacial score (nSPS) is 24.1. The van der Waals surface area contributed by atoms with Crippen LogP contribution in [0.3, 0.4) is 0 Å². The molecule has 4 nitrogen and oxygen atoms in total. The van der Waals surface area contributed by atoms with Crippen molar-refractivity contribution in [3.63, 3.8) is 0 Å². The molecule has 0 aromatic heterocycles. The van der Waals surface area contributed by atoms with Gasteiger partial charge in [-0.3, -0.25) is 0 Å². The number of methoxy groups -OCH3 is 2. The molecular weight excluding hydrogens is 259 g/mol. The summed E-state index contributed by atoms with van der Waals surface area (Å²) in [5.41, 5.74) is 7.43. The van der Waals surface area contributed by atoms with E-state index in [-0.39, 0.29) is 24.1 Å². The Bertz CT molecular complexity index is 441. The van der Waals surface area contributed by atoms with Crippen molar-refractivity contribution in [2.24, 2.45) is 5.73 Å². The molecule has 5 heteroatoms. The zero-order chi connectivity index (χ0) is 14.7. The van der Waals surface area contributed by atoms with Gasteiger partial charge in [-0.05, 0) is 25.0 Å². The van der Waals surface area contributed by atoms with Gasteiger partial charge < -0.3 is 20.1 Å². The summed E-state index contributed by atoms with van der Waals surface area (Å²) >= 11 is 0. The highest BCUT2D eigenvalue weighted by Gasteiger charge is 2.35. The monoisotopic (exact) mass is 282 g/mol. The number of hydrogen-bond acceptors (Lipinski definition) is 4. The highest BCUT2D eigenvalue weighted by atomic mass is 19.1. The summed E-state index contributed by atoms with van der Waals surface area (Å²) in [7, 11) is 3.31. The number of hydrogen-bond donors (Lipinski definition) is 1. The average molecular weight is 282 g/mol. The standard InChI is InChI=1S/C15H23FN2O2/c1-10(17)7-11-5-4-6-12(16)15(11)18-8-13(19-2)14(9-18)20-3/h4-6,10,13-14H,7-9,17H2,1-3H3. The summed E-state index contributed by atoms with van der Waals surface area (Å²) in [4.78, 5) is 2.00. The predicted octanol–water partition coefficient (Wildman–Crippen LogP) is 1.57. The van der Waals surface area contributed by atoms with E-state index in [0.29, 0.717) is 25.2 Å². The summed E-state index contributed by atoms with van der Waals surface area (Å²) in [5.74, 6) is -0.213. The van der Waals surface area contributed by atoms with Gasteiger partial charge in [0.1, 0.15) is 18.0 Å². The Hall–Kier alpha value is -1.17. The number of anilines is 1. The molecule has 0 radical (unpaired) electrons. The van der Waals surface area contributed by atoms with Crippen LogP contribution in [-0.2, 0) is 15.9 Å². The van der Waals surface area contributed by atoms with Crippen molar-refractivity contribution in [2.75, 3.05) is 32.2 Å². The molecule has 1 aliphatic heterocycles. The van der Waals surface area contributed by atoms with Gasteiger partial charge in [0.2, 0.25) is 0 Å². The first-order chi connectivity index (χ1) is 9.56. The first-order valence-electron chi connectivity index (χ1n) is 6.90. The summed E-state index contributed by atoms with van der Waals surface area (Å²) < 4.78 is 25.1. The van der Waals surface area contributed by atoms with Crippen molar-refractivity contribution in [1.29, 1.82) is 0 Å². The molecule has 3 unspecified atom stereocenters. The molecule has 0 aliphatic carbocycles. The van der Waals surface area contributed by atoms with Crippen LogP contribution >= 0.6 is 0 Å². The van der Waals surface area contributed by atoms with E-state index in [1.165, 1.54) is 6.07 Å². The van der Waals surface area contributed by atoms with Crippen LogP contribution in [0.4, 0.5) is 10.1 Å². The van der Waals surface area contributed by atoms with Crippen molar-refractivity contribution in [3.8, 4) is 0 Å². The van der Waals surface area contributed by atoms with Crippen molar-refractivity contribution in [1.82, 2.24) is 0 Å². The van der Waals surface area contributed by atoms with Crippen LogP contribution in [0.1, 0.15) is 12.5 Å². The molecule has 0 amide bonds. The summed E-state index contributed by atoms with van der Waals surface area (Å²) in [5, 5.41) is 0. The van der Waals surface area contributed by atoms with Crippen molar-refractivity contribution >= 4 is 5.69 Å². The van der Waals surface area contributed by atoms with E-state index in [9.17, 15) is 4.39 Å². The fourth-order valence-corrected chi connectivity index (χ4v) is 2.81. The number of ether oxygens (including phenoxy) is 2. The first-order valence-corrected chi connectivity index (χ1v) is 6.90. The largest absolute Gasteiger partial charge is 0.377 e. The lowest BCUT2D eigenvalue weighted by molar-refractivity contribution is -0.00461. The van der Waals surface area contributed by atoms with E-state index >= 15 is 0 Å². The molecule has 112 valence electrons. The van der Waals surface area contributed by atoms with E-state index < -0.39 is 0 Å². The Kier molecular flexibility index (Phi) is 4.96. The third-order valence-corrected chi connectivity index (χ3v) is 3.75. The maximum atomic E-state index is 14.3. The Morgan fingerprint density at radius 3 is 2.40 bits per heavy atom. The van der Waals surface area contributed by atoms with Crippen LogP contribution in [0, 0.1) is 5.82 Å². The smallest absolute Gasteiger partial charge is 0.146 e. The van der Waals surface area contributed by atoms with Crippen LogP contribution in [0.5, 0.6) is 0 Å². The summed E-state index contributed by atoms with van der Waals surface area (Å²) in [6.45, 7) is 3.18. The fraction of sp³-hybridized carbons (Fsp3) is 0.600. The molecule has 1 heterocycles. The minimum atomic E-state index is -0.213. The lowest BCUT2D eigenvalue weighted by Gasteiger charge is -2.23. The second-order valence-electron chi connectivity index (χ2n) is 5.38. The van der Waals surface area contributed by atoms with Gasteiger partial charge in [0, 0.05) is 33.4 Å². The lowest BCUT2D eigenvalue weighted by atomic mass is 10.0. The van der Waals surface area contributed by atoms with Gasteiger partial charge in [-0.2, -0.15) is 0 Å². The molecule has 20 heavy (non-hydrogen) atoms. The van der Waals surface area contributed by atoms with E-state index in [1.807, 2.05) is 17.9 Å². The maximum Gasteiger partial charge on any atom is 0.146 e. The van der Waals surface area contributed by atoms with Crippen LogP contribution in [-0.4, -0.2) is 45.6 Å². The van der Waals surface area contributed by atoms with E-state index in [2.05, 4.69) is 0 Å². The number of nitrogens with two attached hydrogens (primary N) is 1. The van der Waals surface area contributed by atoms with E-state index in [1.54, 1.807) is 20.3 Å². The third kappa shape index (κ3) is 3.11. The van der Waals surface area contributed by atoms with Crippen LogP contribution in [0.15, 0.2) is 18.2 Å². The molecule has 0 saturated carbocycles. The molecule has 2 N–H and O–H groups in total. The van der Waals surface area contributed by atoms with Gasteiger partial charge in [-0.1, -0.05) is 12.1 Å². The summed E-state index contributed by atoms with van der Waals surface area (Å²) in [6.07, 6.45) is 0.573. The van der Waals surface area contributed by atoms with Crippen LogP contribution < -0.4 is 10.6 Å². The zero-order valence-corrected chi connectivity index (χ0v) is 12.3. The van der Waals surface area contributed by atoms with Gasteiger partial charge in [0.15, 0.2) is 0 Å². The molecule has 1 aliphatic rings. The van der Waals surface area contributed by atoms with Gasteiger partial charge in [-0.15, -0.1) is 0 Å². The molecule has 0 bridgehead atoms. The summed E-state index contributed by atoms with van der Waals surface area (Å²) in [6, 6.07) is 5.15. The van der Waals surface area contributed by atoms with Crippen LogP contribution in [0.2, 0.25) is 0 Å². The highest BCUT2D eigenvalue weighted by Crippen LogP contribution is 2.30. The molecule has 0 spiro atoms. The van der Waals surface area contributed by atoms with Crippen LogP contribution in [0.25, 0.3) is 0 Å². The molecular formula is C15H23FN2O2. The minimum absolute atomic E-state index is 0.00500. The molecule has 1 aromatic carbocycles. The Morgan fingerprint density at radius 2 is 1.90 bits per heavy atom. The quantitative estimate of drug-likeness (QED) is 0.890. The Morgan fingerprint density at radius 1 is 1.30 bits per heavy atom. The van der Waals surface area contributed by atoms with Crippen molar-refractivity contribution < 1.29 is 13.9 Å². The highest BCUT2D eigenvalue weighted by molar-refractivity contribution is 5.56. The number of halogens is 1. The fourth-order valence-electron chi connectivity index (χ4n) is 2.81. The zero-order valence-electron chi connectivity index (χ0n) is 12.3. The second kappa shape index (κ2) is 6.52. The van der Waals surface area contributed by atoms with Gasteiger partial charge in [0.05, 0.1) is 5.69 Å². The molecule has 1 saturated heterocycles. The number of nitrogens with zero attached hydrogens (tertiary/aromatic N) is 1. The maximum absolute atomic E-state index is 14.3. The Balaban J connectivity index is 2.28. The lowest BCUT2D eigenvalue weighted by Crippen LogP contribution is -2.27. The molecule has 1 fully saturated rings. The first kappa shape index (κ1) is 15.2. The predicted molar refractivity (Wildman–Crippen MR) is 77.6 cm³/mol. The van der Waals surface area contributed by atoms with E-state index in [4.69, 9.17) is 15.2 Å². The second-order valence-corrected chi connectivity index (χ2v) is 5.38. The van der Waals surface area contributed by atoms with Gasteiger partial charge in [-0.25, -0.2) is 4.39 Å². The van der Waals surface area contributed by atoms with E-state index in [0.717, 1.165) is 5.56 Å². The molecule has 1 aromatic rings. The van der Waals surface area contributed by atoms with Crippen molar-refractivity contribution in [3.05, 3.63) is 29.6 Å². The average Bonchev–Trinajstić information content (AvgIpc) is 2.81. The Labute approximate surface area is 119 Å². The van der Waals surface area contributed by atoms with Crippen molar-refractivity contribution in [2.45, 2.75) is 31.6 Å². The van der Waals surface area contributed by atoms with Gasteiger partial charge in [0.25, 0.3) is 0 Å². The third-order valence-electron chi connectivity index (χ3n) is 3.75. The number of benzene rings is 1. The number of para-hydroxylation sites is 1. The number of rotatable bonds is 5. The topological polar surface area (TPSA) is 47.7 Å². The van der Waals surface area contributed by atoms with Gasteiger partial charge >= 0.3 is 0 Å². The SMILES string of the molecule is COC1CN(c2c(F)cccc2CC(C)N)CC1OC.